The van der Waals surface area contributed by atoms with Crippen LogP contribution in [-0.4, -0.2) is 18.4 Å². The van der Waals surface area contributed by atoms with E-state index in [-0.39, 0.29) is 6.10 Å². The number of quaternary nitrogens is 1. The molecule has 0 bridgehead atoms. The van der Waals surface area contributed by atoms with Crippen LogP contribution in [-0.2, 0) is 11.4 Å². The number of nitrogens with two attached hydrogens (primary N) is 1. The Balaban J connectivity index is 1.51. The molecule has 2 N–H and O–H groups in total. The molecule has 0 radical (unpaired) electrons. The number of rotatable bonds is 5. The molecule has 1 atom stereocenters. The summed E-state index contributed by atoms with van der Waals surface area (Å²) in [7, 11) is 0. The molecule has 0 fully saturated rings. The van der Waals surface area contributed by atoms with Crippen molar-refractivity contribution in [2.45, 2.75) is 26.0 Å². The second-order valence-corrected chi connectivity index (χ2v) is 6.01. The van der Waals surface area contributed by atoms with E-state index in [1.165, 1.54) is 11.1 Å². The van der Waals surface area contributed by atoms with Gasteiger partial charge in [-0.15, -0.1) is 0 Å². The maximum absolute atomic E-state index is 6.17. The molecule has 1 aliphatic heterocycles. The van der Waals surface area contributed by atoms with Gasteiger partial charge in [0.1, 0.15) is 13.1 Å². The highest BCUT2D eigenvalue weighted by atomic mass is 35.5. The van der Waals surface area contributed by atoms with Crippen molar-refractivity contribution >= 4 is 17.3 Å². The molecule has 0 saturated heterocycles. The summed E-state index contributed by atoms with van der Waals surface area (Å²) in [5, 5.41) is 7.31. The fourth-order valence-electron chi connectivity index (χ4n) is 2.70. The van der Waals surface area contributed by atoms with E-state index in [9.17, 15) is 0 Å². The molecular weight excluding hydrogens is 296 g/mol. The fourth-order valence-corrected chi connectivity index (χ4v) is 2.91. The molecule has 22 heavy (non-hydrogen) atoms. The summed E-state index contributed by atoms with van der Waals surface area (Å²) in [6.45, 7) is 3.85. The molecule has 2 aromatic rings. The molecule has 1 heterocycles. The van der Waals surface area contributed by atoms with E-state index in [4.69, 9.17) is 16.4 Å². The molecule has 0 saturated carbocycles. The third kappa shape index (κ3) is 3.49. The predicted octanol–water partition coefficient (Wildman–Crippen LogP) is 2.91. The first-order chi connectivity index (χ1) is 10.7. The number of oxime groups is 1. The van der Waals surface area contributed by atoms with Crippen LogP contribution < -0.4 is 5.32 Å². The van der Waals surface area contributed by atoms with Gasteiger partial charge in [-0.1, -0.05) is 59.2 Å². The van der Waals surface area contributed by atoms with Gasteiger partial charge in [0.15, 0.2) is 6.10 Å². The van der Waals surface area contributed by atoms with Crippen LogP contribution in [0.3, 0.4) is 0 Å². The van der Waals surface area contributed by atoms with E-state index in [0.717, 1.165) is 35.8 Å². The zero-order valence-corrected chi connectivity index (χ0v) is 13.4. The van der Waals surface area contributed by atoms with Crippen molar-refractivity contribution in [1.29, 1.82) is 0 Å². The van der Waals surface area contributed by atoms with Crippen molar-refractivity contribution < 1.29 is 10.2 Å². The van der Waals surface area contributed by atoms with Gasteiger partial charge in [-0.05, 0) is 18.6 Å². The second-order valence-electron chi connectivity index (χ2n) is 5.60. The fraction of sp³-hybridized carbons (Fsp3) is 0.278. The zero-order valence-electron chi connectivity index (χ0n) is 12.6. The van der Waals surface area contributed by atoms with E-state index >= 15 is 0 Å². The highest BCUT2D eigenvalue weighted by Crippen LogP contribution is 2.18. The summed E-state index contributed by atoms with van der Waals surface area (Å²) in [6, 6.07) is 16.3. The molecule has 0 spiro atoms. The number of aryl methyl sites for hydroxylation is 1. The van der Waals surface area contributed by atoms with Crippen LogP contribution in [0.2, 0.25) is 5.02 Å². The van der Waals surface area contributed by atoms with E-state index in [0.29, 0.717) is 0 Å². The maximum Gasteiger partial charge on any atom is 0.181 e. The zero-order chi connectivity index (χ0) is 15.4. The molecule has 3 rings (SSSR count). The Morgan fingerprint density at radius 2 is 1.95 bits per heavy atom. The lowest BCUT2D eigenvalue weighted by atomic mass is 10.0. The lowest BCUT2D eigenvalue weighted by Crippen LogP contribution is -2.84. The second kappa shape index (κ2) is 6.95. The van der Waals surface area contributed by atoms with Crippen molar-refractivity contribution in [3.8, 4) is 0 Å². The van der Waals surface area contributed by atoms with Crippen LogP contribution in [0.4, 0.5) is 0 Å². The average Bonchev–Trinajstić information content (AvgIpc) is 2.98. The summed E-state index contributed by atoms with van der Waals surface area (Å²) in [5.74, 6) is 0. The smallest absolute Gasteiger partial charge is 0.181 e. The molecule has 3 nitrogen and oxygen atoms in total. The van der Waals surface area contributed by atoms with Crippen LogP contribution in [0.25, 0.3) is 0 Å². The Bertz CT molecular complexity index is 684. The number of nitrogens with zero attached hydrogens (tertiary/aromatic N) is 1. The Kier molecular flexibility index (Phi) is 4.76. The van der Waals surface area contributed by atoms with Gasteiger partial charge in [0.2, 0.25) is 0 Å². The Hall–Kier alpha value is -1.84. The van der Waals surface area contributed by atoms with E-state index in [1.807, 2.05) is 30.3 Å². The molecule has 0 unspecified atom stereocenters. The third-order valence-corrected chi connectivity index (χ3v) is 4.31. The molecule has 0 amide bonds. The average molecular weight is 316 g/mol. The molecule has 0 aliphatic carbocycles. The number of benzene rings is 2. The van der Waals surface area contributed by atoms with Crippen molar-refractivity contribution in [1.82, 2.24) is 0 Å². The lowest BCUT2D eigenvalue weighted by molar-refractivity contribution is -0.676. The van der Waals surface area contributed by atoms with Crippen molar-refractivity contribution in [3.05, 3.63) is 70.2 Å². The van der Waals surface area contributed by atoms with E-state index in [2.05, 4.69) is 35.6 Å². The van der Waals surface area contributed by atoms with Gasteiger partial charge in [0, 0.05) is 22.6 Å². The molecule has 114 valence electrons. The minimum Gasteiger partial charge on any atom is -0.386 e. The highest BCUT2D eigenvalue weighted by Gasteiger charge is 2.24. The van der Waals surface area contributed by atoms with E-state index in [1.54, 1.807) is 0 Å². The van der Waals surface area contributed by atoms with Crippen LogP contribution in [0.5, 0.6) is 0 Å². The molecular formula is C18H20ClN2O+. The van der Waals surface area contributed by atoms with Gasteiger partial charge in [0.05, 0.1) is 5.71 Å². The number of halogens is 1. The van der Waals surface area contributed by atoms with Gasteiger partial charge in [-0.2, -0.15) is 0 Å². The minimum atomic E-state index is 0.136. The lowest BCUT2D eigenvalue weighted by Gasteiger charge is -2.08. The van der Waals surface area contributed by atoms with Gasteiger partial charge in [-0.25, -0.2) is 0 Å². The summed E-state index contributed by atoms with van der Waals surface area (Å²) in [5.41, 5.74) is 4.64. The summed E-state index contributed by atoms with van der Waals surface area (Å²) in [6.07, 6.45) is 1.00. The third-order valence-electron chi connectivity index (χ3n) is 3.94. The Labute approximate surface area is 135 Å². The normalized spacial score (nSPS) is 17.2. The number of hydrogen-bond donors (Lipinski definition) is 1. The highest BCUT2D eigenvalue weighted by molar-refractivity contribution is 6.31. The van der Waals surface area contributed by atoms with Crippen LogP contribution in [0.15, 0.2) is 53.7 Å². The van der Waals surface area contributed by atoms with Crippen LogP contribution in [0.1, 0.15) is 23.1 Å². The summed E-state index contributed by atoms with van der Waals surface area (Å²) in [4.78, 5) is 5.57. The van der Waals surface area contributed by atoms with Crippen LogP contribution >= 0.6 is 11.6 Å². The Morgan fingerprint density at radius 3 is 2.77 bits per heavy atom. The molecule has 1 aliphatic rings. The topological polar surface area (TPSA) is 38.2 Å². The van der Waals surface area contributed by atoms with Gasteiger partial charge in [0.25, 0.3) is 0 Å². The van der Waals surface area contributed by atoms with Gasteiger partial charge in [-0.3, -0.25) is 0 Å². The molecule has 0 aromatic heterocycles. The SMILES string of the molecule is Cc1ccccc1C1=NO[C@@H](C[NH2+]Cc2ccccc2Cl)C1. The van der Waals surface area contributed by atoms with Crippen molar-refractivity contribution in [3.63, 3.8) is 0 Å². The monoisotopic (exact) mass is 315 g/mol. The van der Waals surface area contributed by atoms with Crippen molar-refractivity contribution in [2.24, 2.45) is 5.16 Å². The summed E-state index contributed by atoms with van der Waals surface area (Å²) >= 11 is 6.17. The van der Waals surface area contributed by atoms with E-state index < -0.39 is 0 Å². The number of hydrogen-bond acceptors (Lipinski definition) is 2. The quantitative estimate of drug-likeness (QED) is 0.905. The van der Waals surface area contributed by atoms with Crippen molar-refractivity contribution in [2.75, 3.05) is 6.54 Å². The standard InChI is InChI=1S/C18H19ClN2O/c1-13-6-2-4-8-16(13)18-10-15(22-21-18)12-20-11-14-7-3-5-9-17(14)19/h2-9,15,20H,10-12H2,1H3/p+1/t15-/m1/s1. The van der Waals surface area contributed by atoms with Gasteiger partial charge < -0.3 is 10.2 Å². The Morgan fingerprint density at radius 1 is 1.18 bits per heavy atom. The summed E-state index contributed by atoms with van der Waals surface area (Å²) < 4.78 is 0. The largest absolute Gasteiger partial charge is 0.386 e. The molecule has 2 aromatic carbocycles. The van der Waals surface area contributed by atoms with Crippen LogP contribution in [0, 0.1) is 6.92 Å². The van der Waals surface area contributed by atoms with Gasteiger partial charge >= 0.3 is 0 Å². The maximum atomic E-state index is 6.17. The predicted molar refractivity (Wildman–Crippen MR) is 89.2 cm³/mol. The molecule has 4 heteroatoms. The first-order valence-electron chi connectivity index (χ1n) is 7.58. The first-order valence-corrected chi connectivity index (χ1v) is 7.95. The minimum absolute atomic E-state index is 0.136. The first kappa shape index (κ1) is 15.1.